The van der Waals surface area contributed by atoms with Crippen molar-refractivity contribution in [2.24, 2.45) is 28.6 Å². The summed E-state index contributed by atoms with van der Waals surface area (Å²) in [7, 11) is 0. The van der Waals surface area contributed by atoms with Gasteiger partial charge in [-0.15, -0.1) is 6.42 Å². The van der Waals surface area contributed by atoms with Gasteiger partial charge in [-0.1, -0.05) is 19.8 Å². The monoisotopic (exact) mass is 390 g/mol. The Kier molecular flexibility index (Phi) is 5.15. The highest BCUT2D eigenvalue weighted by Gasteiger charge is 2.71. The van der Waals surface area contributed by atoms with E-state index in [4.69, 9.17) is 15.9 Å². The van der Waals surface area contributed by atoms with Crippen LogP contribution in [0.1, 0.15) is 78.6 Å². The Labute approximate surface area is 170 Å². The van der Waals surface area contributed by atoms with Gasteiger partial charge in [0.25, 0.3) is 0 Å². The molecule has 4 heteroatoms. The lowest BCUT2D eigenvalue weighted by atomic mass is 9.43. The van der Waals surface area contributed by atoms with Crippen molar-refractivity contribution in [1.82, 2.24) is 0 Å². The van der Waals surface area contributed by atoms with Gasteiger partial charge in [0.2, 0.25) is 0 Å². The summed E-state index contributed by atoms with van der Waals surface area (Å²) in [5, 5.41) is 23.1. The van der Waals surface area contributed by atoms with Crippen LogP contribution in [0.25, 0.3) is 0 Å². The molecule has 0 bridgehead atoms. The zero-order chi connectivity index (χ0) is 20.2. The minimum atomic E-state index is -1.17. The van der Waals surface area contributed by atoms with E-state index in [0.29, 0.717) is 44.2 Å². The molecular formula is C24H38O4. The fourth-order valence-electron chi connectivity index (χ4n) is 7.81. The maximum atomic E-state index is 11.9. The largest absolute Gasteiger partial charge is 0.389 e. The molecule has 0 aliphatic heterocycles. The standard InChI is InChI=1S/C24H38O4/c1-5-23(25)13-14-24(26)20-8-7-17-15-18(28-16-27-6-2)9-11-21(17,3)19(20)10-12-22(23,24)4/h1,17-20,25-26H,6-16H2,2-4H3/t17?,18?,19-,20-,21+,22-,23?,24-/m1/s1. The molecule has 0 aromatic carbocycles. The lowest BCUT2D eigenvalue weighted by molar-refractivity contribution is -0.229. The van der Waals surface area contributed by atoms with Gasteiger partial charge in [0.05, 0.1) is 11.7 Å². The number of hydrogen-bond donors (Lipinski definition) is 2. The Morgan fingerprint density at radius 1 is 1.00 bits per heavy atom. The van der Waals surface area contributed by atoms with Crippen molar-refractivity contribution in [1.29, 1.82) is 0 Å². The second kappa shape index (κ2) is 6.98. The van der Waals surface area contributed by atoms with Gasteiger partial charge in [-0.3, -0.25) is 0 Å². The van der Waals surface area contributed by atoms with E-state index in [2.05, 4.69) is 12.8 Å². The first-order valence-electron chi connectivity index (χ1n) is 11.4. The Morgan fingerprint density at radius 2 is 1.79 bits per heavy atom. The van der Waals surface area contributed by atoms with E-state index in [-0.39, 0.29) is 11.3 Å². The van der Waals surface area contributed by atoms with E-state index in [1.807, 2.05) is 13.8 Å². The maximum Gasteiger partial charge on any atom is 0.147 e. The van der Waals surface area contributed by atoms with Crippen LogP contribution in [0, 0.1) is 40.9 Å². The van der Waals surface area contributed by atoms with Crippen molar-refractivity contribution in [3.8, 4) is 12.3 Å². The van der Waals surface area contributed by atoms with Gasteiger partial charge in [0.1, 0.15) is 12.4 Å². The Bertz CT molecular complexity index is 643. The van der Waals surface area contributed by atoms with Gasteiger partial charge in [-0.2, -0.15) is 0 Å². The smallest absolute Gasteiger partial charge is 0.147 e. The predicted octanol–water partition coefficient (Wildman–Crippen LogP) is 3.89. The summed E-state index contributed by atoms with van der Waals surface area (Å²) < 4.78 is 11.4. The molecule has 8 atom stereocenters. The third-order valence-electron chi connectivity index (χ3n) is 9.78. The summed E-state index contributed by atoms with van der Waals surface area (Å²) in [5.41, 5.74) is -2.35. The van der Waals surface area contributed by atoms with Crippen LogP contribution >= 0.6 is 0 Å². The summed E-state index contributed by atoms with van der Waals surface area (Å²) >= 11 is 0. The molecule has 3 unspecified atom stereocenters. The molecule has 4 aliphatic carbocycles. The minimum absolute atomic E-state index is 0.246. The predicted molar refractivity (Wildman–Crippen MR) is 108 cm³/mol. The fraction of sp³-hybridized carbons (Fsp3) is 0.917. The van der Waals surface area contributed by atoms with Crippen LogP contribution < -0.4 is 0 Å². The van der Waals surface area contributed by atoms with Crippen molar-refractivity contribution in [3.05, 3.63) is 0 Å². The number of ether oxygens (including phenoxy) is 2. The summed E-state index contributed by atoms with van der Waals surface area (Å²) in [4.78, 5) is 0. The van der Waals surface area contributed by atoms with Gasteiger partial charge < -0.3 is 19.7 Å². The first-order valence-corrected chi connectivity index (χ1v) is 11.4. The zero-order valence-electron chi connectivity index (χ0n) is 17.9. The lowest BCUT2D eigenvalue weighted by Crippen LogP contribution is -2.65. The first-order chi connectivity index (χ1) is 13.2. The first kappa shape index (κ1) is 20.7. The molecule has 0 saturated heterocycles. The minimum Gasteiger partial charge on any atom is -0.389 e. The highest BCUT2D eigenvalue weighted by Crippen LogP contribution is 2.69. The molecule has 4 nitrogen and oxygen atoms in total. The van der Waals surface area contributed by atoms with E-state index in [0.717, 1.165) is 44.9 Å². The van der Waals surface area contributed by atoms with Crippen molar-refractivity contribution < 1.29 is 19.7 Å². The van der Waals surface area contributed by atoms with Gasteiger partial charge in [-0.05, 0) is 87.9 Å². The highest BCUT2D eigenvalue weighted by molar-refractivity contribution is 5.29. The molecule has 4 rings (SSSR count). The SMILES string of the molecule is C#CC1(O)CC[C@@]2(O)[C@@H]3CCC4CC(OCOCC)CC[C@]4(C)[C@@H]3CC[C@]12C. The van der Waals surface area contributed by atoms with E-state index in [9.17, 15) is 10.2 Å². The molecule has 0 radical (unpaired) electrons. The van der Waals surface area contributed by atoms with Crippen molar-refractivity contribution in [2.45, 2.75) is 95.9 Å². The Hall–Kier alpha value is -0.600. The van der Waals surface area contributed by atoms with Crippen LogP contribution in [0.3, 0.4) is 0 Å². The van der Waals surface area contributed by atoms with E-state index >= 15 is 0 Å². The maximum absolute atomic E-state index is 11.9. The molecule has 0 amide bonds. The second-order valence-corrected chi connectivity index (χ2v) is 10.5. The van der Waals surface area contributed by atoms with Gasteiger partial charge in [0.15, 0.2) is 0 Å². The third-order valence-corrected chi connectivity index (χ3v) is 9.78. The average Bonchev–Trinajstić information content (AvgIpc) is 2.90. The Balaban J connectivity index is 1.54. The van der Waals surface area contributed by atoms with Gasteiger partial charge >= 0.3 is 0 Å². The number of aliphatic hydroxyl groups is 2. The third kappa shape index (κ3) is 2.66. The van der Waals surface area contributed by atoms with Crippen molar-refractivity contribution in [2.75, 3.05) is 13.4 Å². The molecule has 0 aromatic rings. The van der Waals surface area contributed by atoms with E-state index in [1.165, 1.54) is 0 Å². The second-order valence-electron chi connectivity index (χ2n) is 10.5. The van der Waals surface area contributed by atoms with E-state index < -0.39 is 16.6 Å². The number of fused-ring (bicyclic) bond motifs is 5. The van der Waals surface area contributed by atoms with Crippen LogP contribution in [0.5, 0.6) is 0 Å². The highest BCUT2D eigenvalue weighted by atomic mass is 16.7. The summed E-state index contributed by atoms with van der Waals surface area (Å²) in [6.45, 7) is 7.59. The van der Waals surface area contributed by atoms with Gasteiger partial charge in [-0.25, -0.2) is 0 Å². The van der Waals surface area contributed by atoms with Crippen LogP contribution in [0.15, 0.2) is 0 Å². The quantitative estimate of drug-likeness (QED) is 0.434. The van der Waals surface area contributed by atoms with Gasteiger partial charge in [0, 0.05) is 12.0 Å². The average molecular weight is 391 g/mol. The molecule has 4 fully saturated rings. The molecular weight excluding hydrogens is 352 g/mol. The lowest BCUT2D eigenvalue weighted by Gasteiger charge is -2.64. The molecule has 4 aliphatic rings. The molecule has 158 valence electrons. The summed E-state index contributed by atoms with van der Waals surface area (Å²) in [6.07, 6.45) is 14.6. The molecule has 4 saturated carbocycles. The van der Waals surface area contributed by atoms with Crippen LogP contribution in [0.2, 0.25) is 0 Å². The number of rotatable bonds is 4. The van der Waals surface area contributed by atoms with Crippen LogP contribution in [-0.4, -0.2) is 40.9 Å². The van der Waals surface area contributed by atoms with Crippen molar-refractivity contribution in [3.63, 3.8) is 0 Å². The Morgan fingerprint density at radius 3 is 2.50 bits per heavy atom. The molecule has 0 heterocycles. The molecule has 0 aromatic heterocycles. The molecule has 2 N–H and O–H groups in total. The fourth-order valence-corrected chi connectivity index (χ4v) is 7.81. The normalized spacial score (nSPS) is 53.0. The van der Waals surface area contributed by atoms with Crippen molar-refractivity contribution >= 4 is 0 Å². The number of hydrogen-bond acceptors (Lipinski definition) is 4. The zero-order valence-corrected chi connectivity index (χ0v) is 17.9. The van der Waals surface area contributed by atoms with Crippen LogP contribution in [-0.2, 0) is 9.47 Å². The summed E-state index contributed by atoms with van der Waals surface area (Å²) in [5.74, 6) is 4.07. The molecule has 28 heavy (non-hydrogen) atoms. The summed E-state index contributed by atoms with van der Waals surface area (Å²) in [6, 6.07) is 0. The van der Waals surface area contributed by atoms with Crippen LogP contribution in [0.4, 0.5) is 0 Å². The number of terminal acetylenes is 1. The molecule has 0 spiro atoms. The van der Waals surface area contributed by atoms with E-state index in [1.54, 1.807) is 0 Å². The topological polar surface area (TPSA) is 58.9 Å².